The van der Waals surface area contributed by atoms with Crippen LogP contribution in [-0.2, 0) is 4.79 Å². The van der Waals surface area contributed by atoms with Crippen molar-refractivity contribution in [3.8, 4) is 33.1 Å². The Morgan fingerprint density at radius 2 is 1.89 bits per heavy atom. The number of H-pyrrole nitrogens is 2. The second-order valence-electron chi connectivity index (χ2n) is 9.49. The first-order valence-corrected chi connectivity index (χ1v) is 13.1. The molecule has 1 aliphatic carbocycles. The van der Waals surface area contributed by atoms with Crippen molar-refractivity contribution >= 4 is 44.9 Å². The van der Waals surface area contributed by atoms with E-state index in [0.29, 0.717) is 11.3 Å². The highest BCUT2D eigenvalue weighted by molar-refractivity contribution is 7.15. The third kappa shape index (κ3) is 3.88. The van der Waals surface area contributed by atoms with Crippen LogP contribution in [0.1, 0.15) is 24.1 Å². The molecule has 3 N–H and O–H groups in total. The molecule has 6 heterocycles. The molecule has 0 saturated heterocycles. The van der Waals surface area contributed by atoms with Crippen molar-refractivity contribution in [2.45, 2.75) is 26.2 Å². The minimum Gasteiger partial charge on any atom is -0.353 e. The Morgan fingerprint density at radius 1 is 1.00 bits per heavy atom. The van der Waals surface area contributed by atoms with Crippen molar-refractivity contribution in [3.05, 3.63) is 66.1 Å². The number of carbonyl (C=O) groups excluding carboxylic acids is 1. The normalized spacial score (nSPS) is 13.8. The minimum atomic E-state index is 0.0706. The van der Waals surface area contributed by atoms with Gasteiger partial charge in [-0.25, -0.2) is 4.98 Å². The molecule has 0 spiro atoms. The van der Waals surface area contributed by atoms with E-state index in [1.54, 1.807) is 29.9 Å². The number of aromatic nitrogens is 6. The number of pyridine rings is 3. The van der Waals surface area contributed by atoms with Crippen molar-refractivity contribution in [2.24, 2.45) is 5.92 Å². The highest BCUT2D eigenvalue weighted by atomic mass is 32.1. The Labute approximate surface area is 216 Å². The standard InChI is InChI=1S/C28H23N7OS/c1-15-5-6-24(37-15)26-20-11-23(33-22(20)7-8-30-26)25-21-10-18(13-31-27(21)35-34-25)17-9-19(14-29-12-17)32-28(36)16-3-2-4-16/h5-14,16,33H,2-4H2,1H3,(H,32,36)(H,31,34,35). The number of rotatable bonds is 5. The molecule has 0 aliphatic heterocycles. The Hall–Kier alpha value is -4.37. The Kier molecular flexibility index (Phi) is 5.10. The number of nitrogens with zero attached hydrogens (tertiary/aromatic N) is 4. The molecule has 37 heavy (non-hydrogen) atoms. The number of hydrogen-bond donors (Lipinski definition) is 3. The number of aromatic amines is 2. The number of hydrogen-bond acceptors (Lipinski definition) is 6. The fourth-order valence-electron chi connectivity index (χ4n) is 4.79. The molecule has 182 valence electrons. The van der Waals surface area contributed by atoms with Crippen molar-refractivity contribution < 1.29 is 4.79 Å². The van der Waals surface area contributed by atoms with Gasteiger partial charge in [-0.2, -0.15) is 5.10 Å². The molecule has 7 rings (SSSR count). The van der Waals surface area contributed by atoms with Crippen LogP contribution < -0.4 is 5.32 Å². The zero-order chi connectivity index (χ0) is 24.9. The lowest BCUT2D eigenvalue weighted by molar-refractivity contribution is -0.122. The van der Waals surface area contributed by atoms with Crippen LogP contribution in [0.3, 0.4) is 0 Å². The van der Waals surface area contributed by atoms with Gasteiger partial charge in [0.2, 0.25) is 5.91 Å². The molecule has 6 aromatic rings. The first kappa shape index (κ1) is 21.9. The molecular weight excluding hydrogens is 482 g/mol. The molecule has 1 amide bonds. The highest BCUT2D eigenvalue weighted by Gasteiger charge is 2.25. The predicted octanol–water partition coefficient (Wildman–Crippen LogP) is 6.34. The van der Waals surface area contributed by atoms with Crippen LogP contribution in [0.5, 0.6) is 0 Å². The van der Waals surface area contributed by atoms with Gasteiger partial charge in [-0.3, -0.25) is 19.9 Å². The van der Waals surface area contributed by atoms with E-state index >= 15 is 0 Å². The number of anilines is 1. The van der Waals surface area contributed by atoms with E-state index in [4.69, 9.17) is 0 Å². The molecule has 1 fully saturated rings. The zero-order valence-electron chi connectivity index (χ0n) is 20.1. The average Bonchev–Trinajstić information content (AvgIpc) is 3.60. The SMILES string of the molecule is Cc1ccc(-c2nccc3[nH]c(-c4n[nH]c5ncc(-c6cncc(NC(=O)C7CCC7)c6)cc45)cc23)s1. The highest BCUT2D eigenvalue weighted by Crippen LogP contribution is 2.36. The van der Waals surface area contributed by atoms with Gasteiger partial charge < -0.3 is 10.3 Å². The van der Waals surface area contributed by atoms with Crippen LogP contribution >= 0.6 is 11.3 Å². The molecule has 1 aliphatic rings. The van der Waals surface area contributed by atoms with Gasteiger partial charge in [0.25, 0.3) is 0 Å². The largest absolute Gasteiger partial charge is 0.353 e. The molecule has 0 bridgehead atoms. The van der Waals surface area contributed by atoms with Crippen LogP contribution in [0, 0.1) is 12.8 Å². The summed E-state index contributed by atoms with van der Waals surface area (Å²) in [5, 5.41) is 12.6. The summed E-state index contributed by atoms with van der Waals surface area (Å²) in [6.45, 7) is 2.10. The number of carbonyl (C=O) groups is 1. The van der Waals surface area contributed by atoms with E-state index in [9.17, 15) is 4.79 Å². The summed E-state index contributed by atoms with van der Waals surface area (Å²) in [5.74, 6) is 0.187. The topological polar surface area (TPSA) is 112 Å². The summed E-state index contributed by atoms with van der Waals surface area (Å²) in [6, 6.07) is 12.3. The maximum atomic E-state index is 12.4. The number of fused-ring (bicyclic) bond motifs is 2. The fraction of sp³-hybridized carbons (Fsp3) is 0.179. The monoisotopic (exact) mass is 505 g/mol. The maximum absolute atomic E-state index is 12.4. The van der Waals surface area contributed by atoms with Gasteiger partial charge in [-0.05, 0) is 56.2 Å². The van der Waals surface area contributed by atoms with Gasteiger partial charge in [0.1, 0.15) is 5.69 Å². The Balaban J connectivity index is 1.26. The third-order valence-corrected chi connectivity index (χ3v) is 8.02. The fourth-order valence-corrected chi connectivity index (χ4v) is 5.67. The molecule has 0 unspecified atom stereocenters. The molecule has 6 aromatic heterocycles. The lowest BCUT2D eigenvalue weighted by Gasteiger charge is -2.24. The lowest BCUT2D eigenvalue weighted by atomic mass is 9.85. The van der Waals surface area contributed by atoms with E-state index < -0.39 is 0 Å². The molecule has 1 saturated carbocycles. The molecule has 0 aromatic carbocycles. The van der Waals surface area contributed by atoms with Crippen LogP contribution in [0.4, 0.5) is 5.69 Å². The number of aryl methyl sites for hydroxylation is 1. The second kappa shape index (κ2) is 8.63. The van der Waals surface area contributed by atoms with Gasteiger partial charge in [-0.1, -0.05) is 6.42 Å². The summed E-state index contributed by atoms with van der Waals surface area (Å²) in [5.41, 5.74) is 6.82. The van der Waals surface area contributed by atoms with E-state index in [1.807, 2.05) is 18.3 Å². The van der Waals surface area contributed by atoms with E-state index in [1.165, 1.54) is 4.88 Å². The summed E-state index contributed by atoms with van der Waals surface area (Å²) in [7, 11) is 0. The van der Waals surface area contributed by atoms with Crippen LogP contribution in [-0.4, -0.2) is 36.0 Å². The first-order valence-electron chi connectivity index (χ1n) is 12.3. The van der Waals surface area contributed by atoms with E-state index in [2.05, 4.69) is 66.6 Å². The number of amides is 1. The molecule has 0 atom stereocenters. The summed E-state index contributed by atoms with van der Waals surface area (Å²) >= 11 is 1.73. The molecule has 0 radical (unpaired) electrons. The summed E-state index contributed by atoms with van der Waals surface area (Å²) in [4.78, 5) is 31.9. The van der Waals surface area contributed by atoms with Gasteiger partial charge in [0, 0.05) is 56.8 Å². The van der Waals surface area contributed by atoms with Gasteiger partial charge in [0.15, 0.2) is 5.65 Å². The minimum absolute atomic E-state index is 0.0706. The zero-order valence-corrected chi connectivity index (χ0v) is 20.9. The lowest BCUT2D eigenvalue weighted by Crippen LogP contribution is -2.28. The smallest absolute Gasteiger partial charge is 0.227 e. The Morgan fingerprint density at radius 3 is 2.70 bits per heavy atom. The number of thiophene rings is 1. The quantitative estimate of drug-likeness (QED) is 0.253. The van der Waals surface area contributed by atoms with Crippen LogP contribution in [0.2, 0.25) is 0 Å². The number of nitrogens with one attached hydrogen (secondary N) is 3. The van der Waals surface area contributed by atoms with Gasteiger partial charge in [-0.15, -0.1) is 11.3 Å². The molecular formula is C28H23N7OS. The maximum Gasteiger partial charge on any atom is 0.227 e. The van der Waals surface area contributed by atoms with Crippen molar-refractivity contribution in [1.82, 2.24) is 30.1 Å². The van der Waals surface area contributed by atoms with Gasteiger partial charge >= 0.3 is 0 Å². The van der Waals surface area contributed by atoms with Crippen LogP contribution in [0.25, 0.3) is 55.0 Å². The van der Waals surface area contributed by atoms with Gasteiger partial charge in [0.05, 0.1) is 28.1 Å². The predicted molar refractivity (Wildman–Crippen MR) is 146 cm³/mol. The van der Waals surface area contributed by atoms with Crippen molar-refractivity contribution in [2.75, 3.05) is 5.32 Å². The molecule has 9 heteroatoms. The van der Waals surface area contributed by atoms with Crippen LogP contribution in [0.15, 0.2) is 61.2 Å². The first-order chi connectivity index (χ1) is 18.1. The Bertz CT molecular complexity index is 1790. The van der Waals surface area contributed by atoms with Crippen molar-refractivity contribution in [3.63, 3.8) is 0 Å². The van der Waals surface area contributed by atoms with E-state index in [-0.39, 0.29) is 11.8 Å². The van der Waals surface area contributed by atoms with Crippen molar-refractivity contribution in [1.29, 1.82) is 0 Å². The molecule has 8 nitrogen and oxygen atoms in total. The summed E-state index contributed by atoms with van der Waals surface area (Å²) in [6.07, 6.45) is 10.1. The van der Waals surface area contributed by atoms with E-state index in [0.717, 1.165) is 68.6 Å². The second-order valence-corrected chi connectivity index (χ2v) is 10.8. The average molecular weight is 506 g/mol. The summed E-state index contributed by atoms with van der Waals surface area (Å²) < 4.78 is 0. The third-order valence-electron chi connectivity index (χ3n) is 7.01.